The van der Waals surface area contributed by atoms with E-state index in [1.54, 1.807) is 17.5 Å². The highest BCUT2D eigenvalue weighted by Gasteiger charge is 2.42. The number of alkyl halides is 3. The quantitative estimate of drug-likeness (QED) is 0.894. The third kappa shape index (κ3) is 3.92. The van der Waals surface area contributed by atoms with Gasteiger partial charge in [0.05, 0.1) is 12.0 Å². The first kappa shape index (κ1) is 14.8. The Hall–Kier alpha value is -0.620. The first-order chi connectivity index (χ1) is 9.00. The SMILES string of the molecule is CCC(NC1CCCC(C(F)(F)F)C1)c1nccs1. The van der Waals surface area contributed by atoms with Crippen molar-refractivity contribution in [3.63, 3.8) is 0 Å². The minimum atomic E-state index is -4.05. The normalized spacial score (nSPS) is 26.3. The molecule has 19 heavy (non-hydrogen) atoms. The third-order valence-corrected chi connectivity index (χ3v) is 4.62. The molecule has 0 amide bonds. The molecule has 1 aromatic rings. The number of rotatable bonds is 4. The summed E-state index contributed by atoms with van der Waals surface area (Å²) in [5.41, 5.74) is 0. The van der Waals surface area contributed by atoms with Crippen molar-refractivity contribution in [1.29, 1.82) is 0 Å². The zero-order chi connectivity index (χ0) is 13.9. The Labute approximate surface area is 115 Å². The van der Waals surface area contributed by atoms with Crippen LogP contribution in [0.5, 0.6) is 0 Å². The summed E-state index contributed by atoms with van der Waals surface area (Å²) in [5, 5.41) is 6.23. The minimum Gasteiger partial charge on any atom is -0.305 e. The fourth-order valence-electron chi connectivity index (χ4n) is 2.69. The summed E-state index contributed by atoms with van der Waals surface area (Å²) in [7, 11) is 0. The lowest BCUT2D eigenvalue weighted by molar-refractivity contribution is -0.183. The number of hydrogen-bond acceptors (Lipinski definition) is 3. The molecule has 6 heteroatoms. The largest absolute Gasteiger partial charge is 0.391 e. The number of nitrogens with one attached hydrogen (secondary N) is 1. The van der Waals surface area contributed by atoms with Crippen LogP contribution in [-0.4, -0.2) is 17.2 Å². The molecule has 1 saturated carbocycles. The Balaban J connectivity index is 1.94. The van der Waals surface area contributed by atoms with Crippen LogP contribution in [0.4, 0.5) is 13.2 Å². The maximum absolute atomic E-state index is 12.8. The maximum Gasteiger partial charge on any atom is 0.391 e. The molecule has 1 aliphatic carbocycles. The van der Waals surface area contributed by atoms with E-state index >= 15 is 0 Å². The molecule has 108 valence electrons. The van der Waals surface area contributed by atoms with Crippen LogP contribution in [0.15, 0.2) is 11.6 Å². The van der Waals surface area contributed by atoms with Crippen molar-refractivity contribution in [2.75, 3.05) is 0 Å². The molecule has 1 fully saturated rings. The van der Waals surface area contributed by atoms with E-state index in [0.29, 0.717) is 6.42 Å². The summed E-state index contributed by atoms with van der Waals surface area (Å²) in [5.74, 6) is -1.15. The molecule has 0 bridgehead atoms. The van der Waals surface area contributed by atoms with E-state index in [0.717, 1.165) is 17.8 Å². The zero-order valence-corrected chi connectivity index (χ0v) is 11.7. The Morgan fingerprint density at radius 3 is 2.84 bits per heavy atom. The summed E-state index contributed by atoms with van der Waals surface area (Å²) in [6, 6.07) is 0.0335. The van der Waals surface area contributed by atoms with Gasteiger partial charge in [0.1, 0.15) is 5.01 Å². The summed E-state index contributed by atoms with van der Waals surface area (Å²) in [6.07, 6.45) is 0.485. The van der Waals surface area contributed by atoms with E-state index in [1.807, 2.05) is 12.3 Å². The van der Waals surface area contributed by atoms with E-state index in [9.17, 15) is 13.2 Å². The van der Waals surface area contributed by atoms with Crippen LogP contribution >= 0.6 is 11.3 Å². The Kier molecular flexibility index (Phi) is 4.84. The molecule has 2 nitrogen and oxygen atoms in total. The molecule has 1 N–H and O–H groups in total. The molecule has 1 aromatic heterocycles. The topological polar surface area (TPSA) is 24.9 Å². The predicted octanol–water partition coefficient (Wildman–Crippen LogP) is 4.30. The molecule has 1 heterocycles. The highest BCUT2D eigenvalue weighted by molar-refractivity contribution is 7.09. The average molecular weight is 292 g/mol. The molecular weight excluding hydrogens is 273 g/mol. The van der Waals surface area contributed by atoms with Crippen molar-refractivity contribution in [3.8, 4) is 0 Å². The summed E-state index contributed by atoms with van der Waals surface area (Å²) >= 11 is 1.55. The van der Waals surface area contributed by atoms with Gasteiger partial charge in [0, 0.05) is 17.6 Å². The van der Waals surface area contributed by atoms with Crippen molar-refractivity contribution in [3.05, 3.63) is 16.6 Å². The second-order valence-electron chi connectivity index (χ2n) is 5.10. The fraction of sp³-hybridized carbons (Fsp3) is 0.769. The lowest BCUT2D eigenvalue weighted by atomic mass is 9.85. The van der Waals surface area contributed by atoms with Gasteiger partial charge in [-0.2, -0.15) is 13.2 Å². The lowest BCUT2D eigenvalue weighted by Gasteiger charge is -2.33. The maximum atomic E-state index is 12.8. The van der Waals surface area contributed by atoms with E-state index < -0.39 is 12.1 Å². The lowest BCUT2D eigenvalue weighted by Crippen LogP contribution is -2.40. The highest BCUT2D eigenvalue weighted by atomic mass is 32.1. The molecule has 0 spiro atoms. The Bertz CT molecular complexity index is 378. The van der Waals surface area contributed by atoms with E-state index in [-0.39, 0.29) is 24.9 Å². The summed E-state index contributed by atoms with van der Waals surface area (Å²) < 4.78 is 38.3. The number of hydrogen-bond donors (Lipinski definition) is 1. The van der Waals surface area contributed by atoms with E-state index in [4.69, 9.17) is 0 Å². The van der Waals surface area contributed by atoms with Crippen molar-refractivity contribution in [2.24, 2.45) is 5.92 Å². The molecule has 0 aliphatic heterocycles. The average Bonchev–Trinajstić information content (AvgIpc) is 2.89. The van der Waals surface area contributed by atoms with Gasteiger partial charge in [-0.15, -0.1) is 11.3 Å². The van der Waals surface area contributed by atoms with Crippen molar-refractivity contribution in [2.45, 2.75) is 57.3 Å². The smallest absolute Gasteiger partial charge is 0.305 e. The van der Waals surface area contributed by atoms with Gasteiger partial charge >= 0.3 is 6.18 Å². The van der Waals surface area contributed by atoms with Crippen LogP contribution in [0, 0.1) is 5.92 Å². The standard InChI is InChI=1S/C13H19F3N2S/c1-2-11(12-17-6-7-19-12)18-10-5-3-4-9(8-10)13(14,15)16/h6-7,9-11,18H,2-5,8H2,1H3. The van der Waals surface area contributed by atoms with Crippen LogP contribution in [0.1, 0.15) is 50.1 Å². The van der Waals surface area contributed by atoms with Crippen molar-refractivity contribution in [1.82, 2.24) is 10.3 Å². The second kappa shape index (κ2) is 6.22. The van der Waals surface area contributed by atoms with Gasteiger partial charge in [0.2, 0.25) is 0 Å². The first-order valence-electron chi connectivity index (χ1n) is 6.72. The third-order valence-electron chi connectivity index (χ3n) is 3.73. The first-order valence-corrected chi connectivity index (χ1v) is 7.60. The molecule has 2 rings (SSSR count). The number of halogens is 3. The molecule has 0 saturated heterocycles. The van der Waals surface area contributed by atoms with Gasteiger partial charge in [0.15, 0.2) is 0 Å². The Morgan fingerprint density at radius 2 is 2.26 bits per heavy atom. The minimum absolute atomic E-state index is 0.0470. The summed E-state index contributed by atoms with van der Waals surface area (Å²) in [4.78, 5) is 4.25. The van der Waals surface area contributed by atoms with Crippen molar-refractivity contribution < 1.29 is 13.2 Å². The monoisotopic (exact) mass is 292 g/mol. The van der Waals surface area contributed by atoms with Crippen LogP contribution in [0.25, 0.3) is 0 Å². The van der Waals surface area contributed by atoms with E-state index in [2.05, 4.69) is 10.3 Å². The second-order valence-corrected chi connectivity index (χ2v) is 6.03. The van der Waals surface area contributed by atoms with E-state index in [1.165, 1.54) is 0 Å². The van der Waals surface area contributed by atoms with Crippen LogP contribution in [0.3, 0.4) is 0 Å². The van der Waals surface area contributed by atoms with Crippen molar-refractivity contribution >= 4 is 11.3 Å². The highest BCUT2D eigenvalue weighted by Crippen LogP contribution is 2.38. The van der Waals surface area contributed by atoms with Gasteiger partial charge in [-0.3, -0.25) is 0 Å². The van der Waals surface area contributed by atoms with Crippen LogP contribution in [-0.2, 0) is 0 Å². The molecule has 3 unspecified atom stereocenters. The molecule has 1 aliphatic rings. The van der Waals surface area contributed by atoms with Gasteiger partial charge in [-0.1, -0.05) is 13.3 Å². The number of aromatic nitrogens is 1. The molecule has 0 radical (unpaired) electrons. The van der Waals surface area contributed by atoms with Gasteiger partial charge in [-0.25, -0.2) is 4.98 Å². The van der Waals surface area contributed by atoms with Crippen LogP contribution < -0.4 is 5.32 Å². The molecule has 0 aromatic carbocycles. The zero-order valence-electron chi connectivity index (χ0n) is 10.9. The molecule has 3 atom stereocenters. The number of nitrogens with zero attached hydrogens (tertiary/aromatic N) is 1. The fourth-order valence-corrected chi connectivity index (χ4v) is 3.48. The van der Waals surface area contributed by atoms with Gasteiger partial charge in [0.25, 0.3) is 0 Å². The summed E-state index contributed by atoms with van der Waals surface area (Å²) in [6.45, 7) is 2.03. The number of thiazole rings is 1. The predicted molar refractivity (Wildman–Crippen MR) is 70.1 cm³/mol. The van der Waals surface area contributed by atoms with Gasteiger partial charge in [-0.05, 0) is 25.7 Å². The molecular formula is C13H19F3N2S. The Morgan fingerprint density at radius 1 is 1.47 bits per heavy atom. The van der Waals surface area contributed by atoms with Crippen LogP contribution in [0.2, 0.25) is 0 Å². The van der Waals surface area contributed by atoms with Gasteiger partial charge < -0.3 is 5.32 Å².